The summed E-state index contributed by atoms with van der Waals surface area (Å²) in [5, 5.41) is 5.88. The van der Waals surface area contributed by atoms with E-state index in [0.29, 0.717) is 18.1 Å². The van der Waals surface area contributed by atoms with Crippen molar-refractivity contribution in [2.45, 2.75) is 33.1 Å². The Hall–Kier alpha value is -1.65. The molecule has 0 unspecified atom stereocenters. The molecular formula is C12H20N4O. The monoisotopic (exact) mass is 236 g/mol. The molecule has 0 fully saturated rings. The Morgan fingerprint density at radius 3 is 2.47 bits per heavy atom. The maximum atomic E-state index is 11.6. The van der Waals surface area contributed by atoms with Crippen LogP contribution >= 0.6 is 0 Å². The molecule has 0 bridgehead atoms. The van der Waals surface area contributed by atoms with Crippen molar-refractivity contribution < 1.29 is 4.79 Å². The Labute approximate surface area is 102 Å². The predicted octanol–water partition coefficient (Wildman–Crippen LogP) is 1.83. The van der Waals surface area contributed by atoms with Crippen LogP contribution < -0.4 is 10.6 Å². The lowest BCUT2D eigenvalue weighted by Gasteiger charge is -2.05. The van der Waals surface area contributed by atoms with E-state index in [1.165, 1.54) is 0 Å². The fourth-order valence-corrected chi connectivity index (χ4v) is 1.25. The van der Waals surface area contributed by atoms with Crippen LogP contribution in [0.3, 0.4) is 0 Å². The van der Waals surface area contributed by atoms with E-state index in [2.05, 4.69) is 34.4 Å². The number of carbonyl (C=O) groups excluding carboxylic acids is 1. The van der Waals surface area contributed by atoms with Crippen molar-refractivity contribution in [3.8, 4) is 0 Å². The van der Waals surface area contributed by atoms with Gasteiger partial charge in [0.2, 0.25) is 5.95 Å². The number of carbonyl (C=O) groups is 1. The molecule has 0 aromatic carbocycles. The Balaban J connectivity index is 2.46. The lowest BCUT2D eigenvalue weighted by molar-refractivity contribution is 0.0952. The lowest BCUT2D eigenvalue weighted by Crippen LogP contribution is -2.24. The topological polar surface area (TPSA) is 66.9 Å². The highest BCUT2D eigenvalue weighted by atomic mass is 16.1. The first kappa shape index (κ1) is 13.4. The molecule has 0 aliphatic rings. The van der Waals surface area contributed by atoms with Gasteiger partial charge in [-0.3, -0.25) is 4.79 Å². The summed E-state index contributed by atoms with van der Waals surface area (Å²) in [4.78, 5) is 19.8. The van der Waals surface area contributed by atoms with Gasteiger partial charge in [0.25, 0.3) is 5.91 Å². The maximum absolute atomic E-state index is 11.6. The van der Waals surface area contributed by atoms with Gasteiger partial charge in [-0.2, -0.15) is 0 Å². The third-order valence-electron chi connectivity index (χ3n) is 2.26. The van der Waals surface area contributed by atoms with Crippen molar-refractivity contribution in [3.63, 3.8) is 0 Å². The summed E-state index contributed by atoms with van der Waals surface area (Å²) in [5.74, 6) is 0.456. The molecule has 0 atom stereocenters. The number of amides is 1. The Kier molecular flexibility index (Phi) is 5.99. The molecule has 17 heavy (non-hydrogen) atoms. The highest BCUT2D eigenvalue weighted by Gasteiger charge is 2.05. The summed E-state index contributed by atoms with van der Waals surface area (Å²) in [5.41, 5.74) is 0.503. The summed E-state index contributed by atoms with van der Waals surface area (Å²) in [6.45, 7) is 5.69. The fourth-order valence-electron chi connectivity index (χ4n) is 1.25. The Morgan fingerprint density at radius 1 is 1.18 bits per heavy atom. The Morgan fingerprint density at radius 2 is 1.88 bits per heavy atom. The van der Waals surface area contributed by atoms with Crippen molar-refractivity contribution in [3.05, 3.63) is 18.0 Å². The van der Waals surface area contributed by atoms with Gasteiger partial charge in [0, 0.05) is 25.5 Å². The largest absolute Gasteiger partial charge is 0.354 e. The van der Waals surface area contributed by atoms with E-state index < -0.39 is 0 Å². The van der Waals surface area contributed by atoms with Crippen LogP contribution in [0.15, 0.2) is 12.4 Å². The third-order valence-corrected chi connectivity index (χ3v) is 2.26. The molecule has 0 radical (unpaired) electrons. The molecule has 1 aromatic heterocycles. The van der Waals surface area contributed by atoms with E-state index in [1.807, 2.05) is 0 Å². The summed E-state index contributed by atoms with van der Waals surface area (Å²) in [6, 6.07) is 0. The van der Waals surface area contributed by atoms with Gasteiger partial charge in [-0.1, -0.05) is 20.3 Å². The van der Waals surface area contributed by atoms with Gasteiger partial charge in [0.05, 0.1) is 5.56 Å². The minimum Gasteiger partial charge on any atom is -0.354 e. The number of hydrogen-bond donors (Lipinski definition) is 2. The number of aromatic nitrogens is 2. The molecule has 0 spiro atoms. The quantitative estimate of drug-likeness (QED) is 0.709. The molecule has 1 aromatic rings. The van der Waals surface area contributed by atoms with Crippen LogP contribution in [0, 0.1) is 0 Å². The van der Waals surface area contributed by atoms with Gasteiger partial charge >= 0.3 is 0 Å². The summed E-state index contributed by atoms with van der Waals surface area (Å²) < 4.78 is 0. The molecule has 5 heteroatoms. The van der Waals surface area contributed by atoms with Crippen molar-refractivity contribution >= 4 is 11.9 Å². The maximum Gasteiger partial charge on any atom is 0.254 e. The van der Waals surface area contributed by atoms with E-state index in [1.54, 1.807) is 12.4 Å². The Bertz CT molecular complexity index is 337. The second kappa shape index (κ2) is 7.60. The minimum atomic E-state index is -0.111. The zero-order valence-electron chi connectivity index (χ0n) is 10.5. The third kappa shape index (κ3) is 4.80. The van der Waals surface area contributed by atoms with Crippen molar-refractivity contribution in [1.82, 2.24) is 15.3 Å². The van der Waals surface area contributed by atoms with Crippen LogP contribution in [0.4, 0.5) is 5.95 Å². The van der Waals surface area contributed by atoms with E-state index in [9.17, 15) is 4.79 Å². The van der Waals surface area contributed by atoms with Crippen LogP contribution in [0.5, 0.6) is 0 Å². The average Bonchev–Trinajstić information content (AvgIpc) is 2.37. The molecule has 0 aliphatic carbocycles. The first-order valence-electron chi connectivity index (χ1n) is 6.12. The molecule has 2 N–H and O–H groups in total. The smallest absolute Gasteiger partial charge is 0.254 e. The van der Waals surface area contributed by atoms with E-state index >= 15 is 0 Å². The normalized spacial score (nSPS) is 10.0. The number of nitrogens with zero attached hydrogens (tertiary/aromatic N) is 2. The number of nitrogens with one attached hydrogen (secondary N) is 2. The highest BCUT2D eigenvalue weighted by Crippen LogP contribution is 2.00. The molecule has 1 heterocycles. The zero-order valence-corrected chi connectivity index (χ0v) is 10.5. The molecule has 1 rings (SSSR count). The van der Waals surface area contributed by atoms with Gasteiger partial charge in [-0.05, 0) is 12.8 Å². The van der Waals surface area contributed by atoms with Gasteiger partial charge < -0.3 is 10.6 Å². The average molecular weight is 236 g/mol. The standard InChI is InChI=1S/C12H20N4O/c1-3-5-7-13-11(17)10-8-15-12(16-9-10)14-6-4-2/h8-9H,3-7H2,1-2H3,(H,13,17)(H,14,15,16). The van der Waals surface area contributed by atoms with Crippen molar-refractivity contribution in [2.75, 3.05) is 18.4 Å². The lowest BCUT2D eigenvalue weighted by atomic mass is 10.3. The van der Waals surface area contributed by atoms with Gasteiger partial charge in [-0.25, -0.2) is 9.97 Å². The number of hydrogen-bond acceptors (Lipinski definition) is 4. The minimum absolute atomic E-state index is 0.111. The molecule has 1 amide bonds. The van der Waals surface area contributed by atoms with Gasteiger partial charge in [0.15, 0.2) is 0 Å². The van der Waals surface area contributed by atoms with Gasteiger partial charge in [0.1, 0.15) is 0 Å². The second-order valence-corrected chi connectivity index (χ2v) is 3.83. The van der Waals surface area contributed by atoms with Crippen LogP contribution in [0.2, 0.25) is 0 Å². The molecule has 94 valence electrons. The number of rotatable bonds is 7. The fraction of sp³-hybridized carbons (Fsp3) is 0.583. The molecule has 0 saturated carbocycles. The molecule has 0 aliphatic heterocycles. The number of unbranched alkanes of at least 4 members (excludes halogenated alkanes) is 1. The van der Waals surface area contributed by atoms with Crippen molar-refractivity contribution in [2.24, 2.45) is 0 Å². The van der Waals surface area contributed by atoms with E-state index in [0.717, 1.165) is 25.8 Å². The summed E-state index contributed by atoms with van der Waals surface area (Å²) >= 11 is 0. The molecular weight excluding hydrogens is 216 g/mol. The zero-order chi connectivity index (χ0) is 12.5. The second-order valence-electron chi connectivity index (χ2n) is 3.83. The van der Waals surface area contributed by atoms with Gasteiger partial charge in [-0.15, -0.1) is 0 Å². The van der Waals surface area contributed by atoms with E-state index in [-0.39, 0.29) is 5.91 Å². The van der Waals surface area contributed by atoms with Crippen molar-refractivity contribution in [1.29, 1.82) is 0 Å². The van der Waals surface area contributed by atoms with Crippen LogP contribution in [-0.2, 0) is 0 Å². The van der Waals surface area contributed by atoms with Crippen LogP contribution in [0.25, 0.3) is 0 Å². The highest BCUT2D eigenvalue weighted by molar-refractivity contribution is 5.93. The predicted molar refractivity (Wildman–Crippen MR) is 68.1 cm³/mol. The van der Waals surface area contributed by atoms with Crippen LogP contribution in [-0.4, -0.2) is 29.0 Å². The number of anilines is 1. The summed E-state index contributed by atoms with van der Waals surface area (Å²) in [6.07, 6.45) is 6.17. The SMILES string of the molecule is CCCCNC(=O)c1cnc(NCCC)nc1. The molecule has 5 nitrogen and oxygen atoms in total. The summed E-state index contributed by atoms with van der Waals surface area (Å²) in [7, 11) is 0. The van der Waals surface area contributed by atoms with Crippen LogP contribution in [0.1, 0.15) is 43.5 Å². The van der Waals surface area contributed by atoms with E-state index in [4.69, 9.17) is 0 Å². The first-order valence-corrected chi connectivity index (χ1v) is 6.12. The first-order chi connectivity index (χ1) is 8.27. The molecule has 0 saturated heterocycles.